The molecule has 0 bridgehead atoms. The first-order valence-electron chi connectivity index (χ1n) is 5.89. The number of halogens is 1. The van der Waals surface area contributed by atoms with E-state index in [0.29, 0.717) is 30.9 Å². The fourth-order valence-corrected chi connectivity index (χ4v) is 2.18. The topological polar surface area (TPSA) is 69.0 Å². The zero-order valence-electron chi connectivity index (χ0n) is 10.0. The molecular weight excluding hydrogens is 256 g/mol. The van der Waals surface area contributed by atoms with Crippen molar-refractivity contribution < 1.29 is 4.74 Å². The van der Waals surface area contributed by atoms with Crippen LogP contribution < -0.4 is 4.90 Å². The van der Waals surface area contributed by atoms with Crippen LogP contribution in [-0.2, 0) is 11.3 Å². The van der Waals surface area contributed by atoms with Crippen LogP contribution in [0, 0.1) is 0 Å². The summed E-state index contributed by atoms with van der Waals surface area (Å²) in [5.41, 5.74) is 1.38. The zero-order valence-corrected chi connectivity index (χ0v) is 10.8. The fraction of sp³-hybridized carbons (Fsp3) is 0.600. The first-order chi connectivity index (χ1) is 8.79. The Morgan fingerprint density at radius 1 is 1.28 bits per heavy atom. The van der Waals surface area contributed by atoms with E-state index in [1.165, 1.54) is 0 Å². The molecule has 0 spiro atoms. The second kappa shape index (κ2) is 4.66. The number of aromatic nitrogens is 5. The summed E-state index contributed by atoms with van der Waals surface area (Å²) in [5.74, 6) is 0.744. The molecule has 7 nitrogen and oxygen atoms in total. The van der Waals surface area contributed by atoms with Crippen molar-refractivity contribution >= 4 is 28.6 Å². The monoisotopic (exact) mass is 268 g/mol. The number of ether oxygens (including phenoxy) is 1. The van der Waals surface area contributed by atoms with Crippen molar-refractivity contribution in [3.63, 3.8) is 0 Å². The average molecular weight is 269 g/mol. The van der Waals surface area contributed by atoms with Gasteiger partial charge in [0, 0.05) is 19.6 Å². The normalized spacial score (nSPS) is 16.4. The van der Waals surface area contributed by atoms with Crippen molar-refractivity contribution in [2.24, 2.45) is 0 Å². The van der Waals surface area contributed by atoms with Crippen LogP contribution in [0.4, 0.5) is 5.82 Å². The molecular formula is C10H13ClN6O. The lowest BCUT2D eigenvalue weighted by Crippen LogP contribution is -2.37. The maximum absolute atomic E-state index is 5.98. The van der Waals surface area contributed by atoms with Gasteiger partial charge in [0.05, 0.1) is 13.2 Å². The number of fused-ring (bicyclic) bond motifs is 1. The maximum atomic E-state index is 5.98. The molecule has 8 heteroatoms. The molecule has 1 aliphatic rings. The van der Waals surface area contributed by atoms with E-state index in [4.69, 9.17) is 16.3 Å². The SMILES string of the molecule is CCn1nnc2c(N3CCOCC3)nc(Cl)nc21. The van der Waals surface area contributed by atoms with Crippen molar-refractivity contribution in [1.29, 1.82) is 0 Å². The van der Waals surface area contributed by atoms with Crippen molar-refractivity contribution in [3.05, 3.63) is 5.28 Å². The Balaban J connectivity index is 2.12. The van der Waals surface area contributed by atoms with Crippen LogP contribution in [0.2, 0.25) is 5.28 Å². The molecule has 0 amide bonds. The van der Waals surface area contributed by atoms with E-state index in [9.17, 15) is 0 Å². The molecule has 0 saturated carbocycles. The Morgan fingerprint density at radius 2 is 2.06 bits per heavy atom. The van der Waals surface area contributed by atoms with Gasteiger partial charge in [-0.2, -0.15) is 9.97 Å². The van der Waals surface area contributed by atoms with Crippen LogP contribution in [-0.4, -0.2) is 51.3 Å². The van der Waals surface area contributed by atoms with E-state index in [-0.39, 0.29) is 5.28 Å². The highest BCUT2D eigenvalue weighted by Gasteiger charge is 2.20. The Hall–Kier alpha value is -1.47. The van der Waals surface area contributed by atoms with Crippen LogP contribution in [0.25, 0.3) is 11.2 Å². The third-order valence-corrected chi connectivity index (χ3v) is 3.10. The lowest BCUT2D eigenvalue weighted by molar-refractivity contribution is 0.122. The third-order valence-electron chi connectivity index (χ3n) is 2.93. The standard InChI is InChI=1S/C10H13ClN6O/c1-2-17-9-7(14-15-17)8(12-10(11)13-9)16-3-5-18-6-4-16/h2-6H2,1H3. The molecule has 0 atom stereocenters. The van der Waals surface area contributed by atoms with E-state index < -0.39 is 0 Å². The van der Waals surface area contributed by atoms with Gasteiger partial charge in [0.15, 0.2) is 17.0 Å². The molecule has 2 aromatic rings. The molecule has 18 heavy (non-hydrogen) atoms. The lowest BCUT2D eigenvalue weighted by atomic mass is 10.4. The predicted octanol–water partition coefficient (Wildman–Crippen LogP) is 0.731. The van der Waals surface area contributed by atoms with Gasteiger partial charge >= 0.3 is 0 Å². The molecule has 0 N–H and O–H groups in total. The van der Waals surface area contributed by atoms with Gasteiger partial charge in [0.2, 0.25) is 5.28 Å². The number of rotatable bonds is 2. The van der Waals surface area contributed by atoms with Crippen LogP contribution in [0.5, 0.6) is 0 Å². The Morgan fingerprint density at radius 3 is 2.78 bits per heavy atom. The number of aryl methyl sites for hydroxylation is 1. The highest BCUT2D eigenvalue weighted by Crippen LogP contribution is 2.23. The smallest absolute Gasteiger partial charge is 0.226 e. The number of morpholine rings is 1. The largest absolute Gasteiger partial charge is 0.378 e. The van der Waals surface area contributed by atoms with Gasteiger partial charge in [-0.05, 0) is 18.5 Å². The highest BCUT2D eigenvalue weighted by molar-refractivity contribution is 6.28. The summed E-state index contributed by atoms with van der Waals surface area (Å²) in [6, 6.07) is 0. The number of nitrogens with zero attached hydrogens (tertiary/aromatic N) is 6. The van der Waals surface area contributed by atoms with Crippen molar-refractivity contribution in [1.82, 2.24) is 25.0 Å². The van der Waals surface area contributed by atoms with Gasteiger partial charge in [-0.25, -0.2) is 4.68 Å². The first-order valence-corrected chi connectivity index (χ1v) is 6.27. The molecule has 1 saturated heterocycles. The number of hydrogen-bond acceptors (Lipinski definition) is 6. The predicted molar refractivity (Wildman–Crippen MR) is 66.8 cm³/mol. The molecule has 0 radical (unpaired) electrons. The molecule has 1 fully saturated rings. The van der Waals surface area contributed by atoms with E-state index in [1.54, 1.807) is 4.68 Å². The van der Waals surface area contributed by atoms with Crippen LogP contribution >= 0.6 is 11.6 Å². The third kappa shape index (κ3) is 1.89. The minimum absolute atomic E-state index is 0.223. The summed E-state index contributed by atoms with van der Waals surface area (Å²) in [5, 5.41) is 8.43. The first kappa shape index (κ1) is 11.6. The van der Waals surface area contributed by atoms with Gasteiger partial charge in [-0.15, -0.1) is 5.10 Å². The van der Waals surface area contributed by atoms with E-state index in [2.05, 4.69) is 25.2 Å². The van der Waals surface area contributed by atoms with Crippen molar-refractivity contribution in [2.75, 3.05) is 31.2 Å². The molecule has 0 aliphatic carbocycles. The summed E-state index contributed by atoms with van der Waals surface area (Å²) in [6.07, 6.45) is 0. The van der Waals surface area contributed by atoms with Crippen LogP contribution in [0.15, 0.2) is 0 Å². The molecule has 3 heterocycles. The van der Waals surface area contributed by atoms with Crippen molar-refractivity contribution in [2.45, 2.75) is 13.5 Å². The minimum Gasteiger partial charge on any atom is -0.378 e. The second-order valence-corrected chi connectivity index (χ2v) is 4.33. The van der Waals surface area contributed by atoms with E-state index in [1.807, 2.05) is 6.92 Å². The summed E-state index contributed by atoms with van der Waals surface area (Å²) in [7, 11) is 0. The Bertz CT molecular complexity index is 565. The summed E-state index contributed by atoms with van der Waals surface area (Å²) >= 11 is 5.98. The Kier molecular flexibility index (Phi) is 3.00. The molecule has 96 valence electrons. The van der Waals surface area contributed by atoms with Crippen LogP contribution in [0.3, 0.4) is 0 Å². The minimum atomic E-state index is 0.223. The summed E-state index contributed by atoms with van der Waals surface area (Å²) < 4.78 is 7.05. The molecule has 0 aromatic carbocycles. The lowest BCUT2D eigenvalue weighted by Gasteiger charge is -2.27. The Labute approximate surface area is 109 Å². The molecule has 2 aromatic heterocycles. The maximum Gasteiger partial charge on any atom is 0.226 e. The quantitative estimate of drug-likeness (QED) is 0.748. The van der Waals surface area contributed by atoms with E-state index >= 15 is 0 Å². The molecule has 3 rings (SSSR count). The van der Waals surface area contributed by atoms with Crippen LogP contribution in [0.1, 0.15) is 6.92 Å². The molecule has 0 unspecified atom stereocenters. The van der Waals surface area contributed by atoms with Gasteiger partial charge in [-0.1, -0.05) is 5.21 Å². The van der Waals surface area contributed by atoms with Gasteiger partial charge in [-0.3, -0.25) is 0 Å². The highest BCUT2D eigenvalue weighted by atomic mass is 35.5. The van der Waals surface area contributed by atoms with Crippen molar-refractivity contribution in [3.8, 4) is 0 Å². The number of hydrogen-bond donors (Lipinski definition) is 0. The summed E-state index contributed by atoms with van der Waals surface area (Å²) in [4.78, 5) is 10.6. The second-order valence-electron chi connectivity index (χ2n) is 3.99. The molecule has 1 aliphatic heterocycles. The number of anilines is 1. The average Bonchev–Trinajstić information content (AvgIpc) is 2.81. The zero-order chi connectivity index (χ0) is 12.5. The van der Waals surface area contributed by atoms with Gasteiger partial charge in [0.1, 0.15) is 0 Å². The van der Waals surface area contributed by atoms with Gasteiger partial charge in [0.25, 0.3) is 0 Å². The fourth-order valence-electron chi connectivity index (χ4n) is 2.02. The van der Waals surface area contributed by atoms with Gasteiger partial charge < -0.3 is 9.64 Å². The summed E-state index contributed by atoms with van der Waals surface area (Å²) in [6.45, 7) is 5.61. The van der Waals surface area contributed by atoms with E-state index in [0.717, 1.165) is 18.9 Å².